The van der Waals surface area contributed by atoms with Gasteiger partial charge in [0.25, 0.3) is 0 Å². The lowest BCUT2D eigenvalue weighted by Crippen LogP contribution is -2.36. The van der Waals surface area contributed by atoms with E-state index < -0.39 is 23.2 Å². The number of halogens is 2. The van der Waals surface area contributed by atoms with Crippen LogP contribution in [0.2, 0.25) is 5.02 Å². The Morgan fingerprint density at radius 3 is 2.79 bits per heavy atom. The molecule has 0 aliphatic rings. The van der Waals surface area contributed by atoms with Crippen LogP contribution in [0.15, 0.2) is 24.5 Å². The fourth-order valence-corrected chi connectivity index (χ4v) is 3.13. The molecular weight excluding hydrogens is 397 g/mol. The van der Waals surface area contributed by atoms with Crippen molar-refractivity contribution in [2.24, 2.45) is 5.41 Å². The van der Waals surface area contributed by atoms with E-state index in [-0.39, 0.29) is 23.5 Å². The number of carboxylic acids is 1. The number of hydrogen-bond donors (Lipinski definition) is 3. The summed E-state index contributed by atoms with van der Waals surface area (Å²) in [6.45, 7) is 5.55. The van der Waals surface area contributed by atoms with Gasteiger partial charge < -0.3 is 15.4 Å². The summed E-state index contributed by atoms with van der Waals surface area (Å²) in [6.07, 6.45) is 2.89. The number of fused-ring (bicyclic) bond motifs is 1. The molecule has 7 nitrogen and oxygen atoms in total. The summed E-state index contributed by atoms with van der Waals surface area (Å²) in [5.41, 5.74) is 0.903. The molecule has 3 rings (SSSR count). The molecule has 0 radical (unpaired) electrons. The lowest BCUT2D eigenvalue weighted by molar-refractivity contribution is -0.137. The van der Waals surface area contributed by atoms with Gasteiger partial charge >= 0.3 is 5.97 Å². The van der Waals surface area contributed by atoms with Crippen LogP contribution >= 0.6 is 11.6 Å². The number of nitrogens with zero attached hydrogens (tertiary/aromatic N) is 3. The normalized spacial score (nSPS) is 12.6. The minimum Gasteiger partial charge on any atom is -0.481 e. The molecule has 0 saturated heterocycles. The maximum absolute atomic E-state index is 14.7. The molecule has 0 spiro atoms. The van der Waals surface area contributed by atoms with Crippen molar-refractivity contribution in [2.45, 2.75) is 33.2 Å². The Hall–Kier alpha value is -3.18. The topological polar surface area (TPSA) is 115 Å². The SMILES string of the molecule is CC(C)(C)C(CC(=O)O)Nc1nc(-c2c[nH]c3ncc(Cl)cc23)c(C#N)cc1F. The molecule has 1 unspecified atom stereocenters. The average Bonchev–Trinajstić information content (AvgIpc) is 3.04. The van der Waals surface area contributed by atoms with Gasteiger partial charge in [-0.25, -0.2) is 14.4 Å². The Kier molecular flexibility index (Phi) is 5.44. The predicted octanol–water partition coefficient (Wildman–Crippen LogP) is 4.59. The molecule has 3 heterocycles. The molecule has 0 aromatic carbocycles. The van der Waals surface area contributed by atoms with Gasteiger partial charge in [-0.3, -0.25) is 4.79 Å². The molecule has 0 aliphatic heterocycles. The standard InChI is InChI=1S/C20H19ClFN5O2/c1-20(2,3)15(6-16(28)29)26-19-14(22)4-10(7-23)17(27-19)13-9-25-18-12(13)5-11(21)8-24-18/h4-5,8-9,15H,6H2,1-3H3,(H,24,25)(H,26,27)(H,28,29). The van der Waals surface area contributed by atoms with E-state index in [1.807, 2.05) is 26.8 Å². The van der Waals surface area contributed by atoms with Crippen molar-refractivity contribution < 1.29 is 14.3 Å². The summed E-state index contributed by atoms with van der Waals surface area (Å²) < 4.78 is 14.7. The van der Waals surface area contributed by atoms with Gasteiger partial charge in [0.2, 0.25) is 0 Å². The van der Waals surface area contributed by atoms with Gasteiger partial charge in [-0.2, -0.15) is 5.26 Å². The van der Waals surface area contributed by atoms with Crippen molar-refractivity contribution in [3.05, 3.63) is 40.9 Å². The molecule has 9 heteroatoms. The third-order valence-corrected chi connectivity index (χ3v) is 4.79. The highest BCUT2D eigenvalue weighted by Crippen LogP contribution is 2.33. The van der Waals surface area contributed by atoms with Crippen molar-refractivity contribution in [3.8, 4) is 17.3 Å². The Labute approximate surface area is 171 Å². The zero-order chi connectivity index (χ0) is 21.3. The van der Waals surface area contributed by atoms with Crippen LogP contribution in [0.5, 0.6) is 0 Å². The van der Waals surface area contributed by atoms with Gasteiger partial charge in [0.1, 0.15) is 11.7 Å². The number of carbonyl (C=O) groups is 1. The maximum Gasteiger partial charge on any atom is 0.305 e. The third-order valence-electron chi connectivity index (χ3n) is 4.58. The van der Waals surface area contributed by atoms with Crippen LogP contribution in [0.4, 0.5) is 10.2 Å². The second-order valence-corrected chi connectivity index (χ2v) is 8.18. The van der Waals surface area contributed by atoms with Crippen LogP contribution in [0.25, 0.3) is 22.3 Å². The number of aliphatic carboxylic acids is 1. The van der Waals surface area contributed by atoms with Crippen LogP contribution in [-0.4, -0.2) is 32.1 Å². The quantitative estimate of drug-likeness (QED) is 0.561. The predicted molar refractivity (Wildman–Crippen MR) is 108 cm³/mol. The van der Waals surface area contributed by atoms with Crippen molar-refractivity contribution in [2.75, 3.05) is 5.32 Å². The van der Waals surface area contributed by atoms with E-state index in [4.69, 9.17) is 11.6 Å². The molecular formula is C20H19ClFN5O2. The van der Waals surface area contributed by atoms with Crippen LogP contribution in [0.1, 0.15) is 32.8 Å². The molecule has 0 fully saturated rings. The highest BCUT2D eigenvalue weighted by Gasteiger charge is 2.29. The highest BCUT2D eigenvalue weighted by molar-refractivity contribution is 6.31. The average molecular weight is 416 g/mol. The van der Waals surface area contributed by atoms with E-state index in [0.29, 0.717) is 21.6 Å². The van der Waals surface area contributed by atoms with Crippen molar-refractivity contribution in [1.29, 1.82) is 5.26 Å². The van der Waals surface area contributed by atoms with Gasteiger partial charge in [-0.05, 0) is 17.5 Å². The summed E-state index contributed by atoms with van der Waals surface area (Å²) >= 11 is 6.04. The first-order chi connectivity index (χ1) is 13.6. The number of nitriles is 1. The number of aromatic amines is 1. The van der Waals surface area contributed by atoms with E-state index in [1.165, 1.54) is 6.20 Å². The number of pyridine rings is 2. The van der Waals surface area contributed by atoms with Crippen LogP contribution < -0.4 is 5.32 Å². The van der Waals surface area contributed by atoms with Crippen molar-refractivity contribution in [1.82, 2.24) is 15.0 Å². The minimum absolute atomic E-state index is 0.0412. The van der Waals surface area contributed by atoms with Crippen molar-refractivity contribution in [3.63, 3.8) is 0 Å². The molecule has 3 aromatic heterocycles. The minimum atomic E-state index is -1.01. The number of aromatic nitrogens is 3. The number of H-pyrrole nitrogens is 1. The van der Waals surface area contributed by atoms with E-state index in [2.05, 4.69) is 20.3 Å². The van der Waals surface area contributed by atoms with E-state index in [0.717, 1.165) is 6.07 Å². The summed E-state index contributed by atoms with van der Waals surface area (Å²) in [4.78, 5) is 22.7. The van der Waals surface area contributed by atoms with E-state index in [1.54, 1.807) is 12.3 Å². The molecule has 0 aliphatic carbocycles. The van der Waals surface area contributed by atoms with E-state index >= 15 is 0 Å². The monoisotopic (exact) mass is 415 g/mol. The largest absolute Gasteiger partial charge is 0.481 e. The molecule has 0 saturated carbocycles. The first-order valence-corrected chi connectivity index (χ1v) is 9.20. The summed E-state index contributed by atoms with van der Waals surface area (Å²) in [6, 6.07) is 4.14. The molecule has 29 heavy (non-hydrogen) atoms. The Balaban J connectivity index is 2.13. The van der Waals surface area contributed by atoms with Gasteiger partial charge in [0.15, 0.2) is 11.6 Å². The van der Waals surface area contributed by atoms with Gasteiger partial charge in [0.05, 0.1) is 22.7 Å². The second-order valence-electron chi connectivity index (χ2n) is 7.74. The third kappa shape index (κ3) is 4.30. The molecule has 0 amide bonds. The molecule has 3 aromatic rings. The van der Waals surface area contributed by atoms with Crippen LogP contribution in [0.3, 0.4) is 0 Å². The van der Waals surface area contributed by atoms with Gasteiger partial charge in [-0.1, -0.05) is 32.4 Å². The first kappa shape index (κ1) is 20.6. The zero-order valence-corrected chi connectivity index (χ0v) is 16.8. The molecule has 3 N–H and O–H groups in total. The lowest BCUT2D eigenvalue weighted by Gasteiger charge is -2.31. The Morgan fingerprint density at radius 2 is 2.17 bits per heavy atom. The maximum atomic E-state index is 14.7. The molecule has 1 atom stereocenters. The summed E-state index contributed by atoms with van der Waals surface area (Å²) in [5.74, 6) is -1.87. The lowest BCUT2D eigenvalue weighted by atomic mass is 9.84. The van der Waals surface area contributed by atoms with E-state index in [9.17, 15) is 19.6 Å². The number of anilines is 1. The number of carboxylic acid groups (broad SMARTS) is 1. The first-order valence-electron chi connectivity index (χ1n) is 8.82. The zero-order valence-electron chi connectivity index (χ0n) is 16.0. The Bertz CT molecular complexity index is 1130. The fourth-order valence-electron chi connectivity index (χ4n) is 2.97. The number of rotatable bonds is 5. The summed E-state index contributed by atoms with van der Waals surface area (Å²) in [5, 5.41) is 22.6. The van der Waals surface area contributed by atoms with Gasteiger partial charge in [-0.15, -0.1) is 0 Å². The Morgan fingerprint density at radius 1 is 1.45 bits per heavy atom. The van der Waals surface area contributed by atoms with Crippen LogP contribution in [0, 0.1) is 22.6 Å². The molecule has 0 bridgehead atoms. The highest BCUT2D eigenvalue weighted by atomic mass is 35.5. The molecule has 150 valence electrons. The van der Waals surface area contributed by atoms with Crippen molar-refractivity contribution >= 4 is 34.4 Å². The smallest absolute Gasteiger partial charge is 0.305 e. The number of nitrogens with one attached hydrogen (secondary N) is 2. The van der Waals surface area contributed by atoms with Crippen LogP contribution in [-0.2, 0) is 4.79 Å². The number of hydrogen-bond acceptors (Lipinski definition) is 5. The second kappa shape index (κ2) is 7.68. The van der Waals surface area contributed by atoms with Gasteiger partial charge in [0, 0.05) is 29.4 Å². The fraction of sp³-hybridized carbons (Fsp3) is 0.300. The summed E-state index contributed by atoms with van der Waals surface area (Å²) in [7, 11) is 0.